The van der Waals surface area contributed by atoms with Crippen LogP contribution >= 0.6 is 0 Å². The molecule has 296 valence electrons. The molecule has 1 atom stereocenters. The fourth-order valence-electron chi connectivity index (χ4n) is 7.30. The Morgan fingerprint density at radius 1 is 0.833 bits per heavy atom. The predicted molar refractivity (Wildman–Crippen MR) is 210 cm³/mol. The first-order valence-electron chi connectivity index (χ1n) is 19.8. The molecule has 3 aliphatic rings. The second-order valence-electron chi connectivity index (χ2n) is 14.2. The lowest BCUT2D eigenvalue weighted by Gasteiger charge is -2.36. The molecule has 0 aromatic heterocycles. The maximum absolute atomic E-state index is 13.0. The average Bonchev–Trinajstić information content (AvgIpc) is 3.19. The van der Waals surface area contributed by atoms with Crippen molar-refractivity contribution in [3.63, 3.8) is 0 Å². The molecule has 1 N–H and O–H groups in total. The first-order valence-corrected chi connectivity index (χ1v) is 19.8. The number of hydrogen-bond donors (Lipinski definition) is 1. The van der Waals surface area contributed by atoms with Gasteiger partial charge in [-0.05, 0) is 80.5 Å². The zero-order valence-electron chi connectivity index (χ0n) is 32.5. The summed E-state index contributed by atoms with van der Waals surface area (Å²) in [5.41, 5.74) is 4.81. The average molecular weight is 749 g/mol. The number of ketones is 1. The maximum Gasteiger partial charge on any atom is 0.168 e. The molecule has 0 saturated carbocycles. The second kappa shape index (κ2) is 21.9. The van der Waals surface area contributed by atoms with Gasteiger partial charge in [-0.25, -0.2) is 0 Å². The Hall–Kier alpha value is -3.81. The fourth-order valence-corrected chi connectivity index (χ4v) is 7.30. The van der Waals surface area contributed by atoms with Crippen LogP contribution in [-0.2, 0) is 23.8 Å². The number of hydrogen-bond acceptors (Lipinski definition) is 12. The Bertz CT molecular complexity index is 1530. The second-order valence-corrected chi connectivity index (χ2v) is 14.2. The van der Waals surface area contributed by atoms with E-state index in [4.69, 9.17) is 23.8 Å². The number of carbonyl (C=O) groups excluding carboxylic acids is 2. The molecule has 0 bridgehead atoms. The molecule has 54 heavy (non-hydrogen) atoms. The van der Waals surface area contributed by atoms with Crippen molar-refractivity contribution >= 4 is 23.5 Å². The summed E-state index contributed by atoms with van der Waals surface area (Å²) in [5.74, 6) is 0.748. The number of likely N-dealkylation sites (tertiary alicyclic amines) is 1. The lowest BCUT2D eigenvalue weighted by atomic mass is 9.81. The molecule has 12 nitrogen and oxygen atoms in total. The molecule has 2 aromatic carbocycles. The summed E-state index contributed by atoms with van der Waals surface area (Å²) in [6.45, 7) is 17.5. The van der Waals surface area contributed by atoms with Crippen LogP contribution in [0.3, 0.4) is 0 Å². The van der Waals surface area contributed by atoms with E-state index >= 15 is 0 Å². The van der Waals surface area contributed by atoms with Gasteiger partial charge in [0.05, 0.1) is 50.9 Å². The Morgan fingerprint density at radius 3 is 2.04 bits per heavy atom. The zero-order chi connectivity index (χ0) is 38.1. The van der Waals surface area contributed by atoms with Crippen molar-refractivity contribution in [2.24, 2.45) is 5.16 Å². The van der Waals surface area contributed by atoms with Crippen molar-refractivity contribution in [3.05, 3.63) is 70.5 Å². The van der Waals surface area contributed by atoms with Gasteiger partial charge in [0, 0.05) is 76.5 Å². The van der Waals surface area contributed by atoms with Crippen molar-refractivity contribution < 1.29 is 38.5 Å². The minimum atomic E-state index is -0.0962. The highest BCUT2D eigenvalue weighted by molar-refractivity contribution is 6.23. The zero-order valence-corrected chi connectivity index (χ0v) is 32.5. The van der Waals surface area contributed by atoms with Crippen molar-refractivity contribution in [1.82, 2.24) is 9.80 Å². The number of piperidine rings is 1. The summed E-state index contributed by atoms with van der Waals surface area (Å²) in [6.07, 6.45) is 4.25. The highest BCUT2D eigenvalue weighted by Gasteiger charge is 2.31. The Kier molecular flexibility index (Phi) is 16.8. The number of aldehydes is 1. The standard InChI is InChI=1S/C42H60N4O8/c1-4-39(43-53-5-2)42-40(48)29-35(30-41(42)49)33-7-10-37(11-8-33)54-38-12-14-44(15-13-38)20-22-50-24-26-52-27-25-51-23-21-45-16-18-46(19-17-45)36-9-6-34(31-47)32(3)28-36/h6-11,28,31,35,38,48H,4-5,12-27,29-30H2,1-3H3/b43-39+. The van der Waals surface area contributed by atoms with Crippen LogP contribution in [0.15, 0.2) is 59.0 Å². The number of rotatable bonds is 21. The van der Waals surface area contributed by atoms with E-state index in [0.29, 0.717) is 76.8 Å². The van der Waals surface area contributed by atoms with E-state index in [2.05, 4.69) is 25.9 Å². The van der Waals surface area contributed by atoms with E-state index in [1.165, 1.54) is 5.69 Å². The molecule has 2 aliphatic heterocycles. The van der Waals surface area contributed by atoms with Crippen LogP contribution in [0.2, 0.25) is 0 Å². The van der Waals surface area contributed by atoms with Gasteiger partial charge in [-0.2, -0.15) is 0 Å². The van der Waals surface area contributed by atoms with Crippen LogP contribution in [0.1, 0.15) is 73.4 Å². The molecule has 0 radical (unpaired) electrons. The lowest BCUT2D eigenvalue weighted by molar-refractivity contribution is -0.116. The van der Waals surface area contributed by atoms with Gasteiger partial charge >= 0.3 is 0 Å². The molecule has 12 heteroatoms. The molecule has 1 aliphatic carbocycles. The van der Waals surface area contributed by atoms with Crippen LogP contribution in [0.4, 0.5) is 5.69 Å². The Balaban J connectivity index is 0.857. The maximum atomic E-state index is 13.0. The van der Waals surface area contributed by atoms with E-state index in [1.54, 1.807) is 0 Å². The first-order chi connectivity index (χ1) is 26.4. The predicted octanol–water partition coefficient (Wildman–Crippen LogP) is 5.58. The van der Waals surface area contributed by atoms with Gasteiger partial charge < -0.3 is 38.7 Å². The molecular weight excluding hydrogens is 688 g/mol. The third-order valence-corrected chi connectivity index (χ3v) is 10.5. The summed E-state index contributed by atoms with van der Waals surface area (Å²) >= 11 is 0. The van der Waals surface area contributed by atoms with Gasteiger partial charge in [0.1, 0.15) is 30.5 Å². The molecule has 2 aromatic rings. The summed E-state index contributed by atoms with van der Waals surface area (Å²) in [7, 11) is 0. The Morgan fingerprint density at radius 2 is 1.46 bits per heavy atom. The molecule has 5 rings (SSSR count). The molecule has 2 saturated heterocycles. The number of carbonyl (C=O) groups is 2. The van der Waals surface area contributed by atoms with Crippen molar-refractivity contribution in [2.45, 2.75) is 64.9 Å². The number of benzene rings is 2. The van der Waals surface area contributed by atoms with Crippen LogP contribution in [0.25, 0.3) is 0 Å². The quantitative estimate of drug-likeness (QED) is 0.0745. The van der Waals surface area contributed by atoms with E-state index in [9.17, 15) is 14.7 Å². The topological polar surface area (TPSA) is 123 Å². The number of anilines is 1. The summed E-state index contributed by atoms with van der Waals surface area (Å²) in [6, 6.07) is 14.0. The molecule has 0 amide bonds. The summed E-state index contributed by atoms with van der Waals surface area (Å²) in [4.78, 5) is 36.4. The van der Waals surface area contributed by atoms with E-state index in [1.807, 2.05) is 57.2 Å². The first kappa shape index (κ1) is 41.4. The number of piperazine rings is 1. The van der Waals surface area contributed by atoms with Gasteiger partial charge in [0.15, 0.2) is 5.78 Å². The van der Waals surface area contributed by atoms with Crippen LogP contribution in [0.5, 0.6) is 5.75 Å². The number of aliphatic hydroxyl groups is 1. The van der Waals surface area contributed by atoms with Crippen LogP contribution < -0.4 is 9.64 Å². The van der Waals surface area contributed by atoms with E-state index < -0.39 is 0 Å². The number of aryl methyl sites for hydroxylation is 1. The van der Waals surface area contributed by atoms with Crippen molar-refractivity contribution in [2.75, 3.05) is 104 Å². The molecule has 0 spiro atoms. The summed E-state index contributed by atoms with van der Waals surface area (Å²) < 4.78 is 23.6. The third kappa shape index (κ3) is 12.4. The molecular formula is C42H60N4O8. The van der Waals surface area contributed by atoms with Crippen molar-refractivity contribution in [1.29, 1.82) is 0 Å². The minimum absolute atomic E-state index is 0.0764. The SMILES string of the molecule is CCO/N=C(\CC)C1=C(O)CC(c2ccc(OC3CCN(CCOCCOCCOCCN4CCN(c5ccc(C=O)c(C)c5)CC4)CC3)cc2)CC1=O. The molecule has 1 unspecified atom stereocenters. The van der Waals surface area contributed by atoms with Gasteiger partial charge in [-0.15, -0.1) is 0 Å². The smallest absolute Gasteiger partial charge is 0.168 e. The van der Waals surface area contributed by atoms with Crippen molar-refractivity contribution in [3.8, 4) is 5.75 Å². The monoisotopic (exact) mass is 748 g/mol. The molecule has 2 fully saturated rings. The number of oxime groups is 1. The number of Topliss-reactive ketones (excluding diaryl/α,β-unsaturated/α-hetero) is 1. The lowest BCUT2D eigenvalue weighted by Crippen LogP contribution is -2.47. The minimum Gasteiger partial charge on any atom is -0.511 e. The Labute approximate surface area is 321 Å². The number of allylic oxidation sites excluding steroid dienone is 2. The fraction of sp³-hybridized carbons (Fsp3) is 0.595. The number of nitrogens with zero attached hydrogens (tertiary/aromatic N) is 4. The van der Waals surface area contributed by atoms with E-state index in [-0.39, 0.29) is 23.6 Å². The summed E-state index contributed by atoms with van der Waals surface area (Å²) in [5, 5.41) is 14.8. The number of aliphatic hydroxyl groups excluding tert-OH is 1. The largest absolute Gasteiger partial charge is 0.511 e. The van der Waals surface area contributed by atoms with Crippen LogP contribution in [-0.4, -0.2) is 137 Å². The number of ether oxygens (including phenoxy) is 4. The third-order valence-electron chi connectivity index (χ3n) is 10.5. The molecule has 2 heterocycles. The highest BCUT2D eigenvalue weighted by Crippen LogP contribution is 2.35. The van der Waals surface area contributed by atoms with Gasteiger partial charge in [-0.3, -0.25) is 14.5 Å². The van der Waals surface area contributed by atoms with Gasteiger partial charge in [0.25, 0.3) is 0 Å². The normalized spacial score (nSPS) is 19.4. The van der Waals surface area contributed by atoms with E-state index in [0.717, 1.165) is 93.9 Å². The van der Waals surface area contributed by atoms with Gasteiger partial charge in [-0.1, -0.05) is 24.2 Å². The van der Waals surface area contributed by atoms with Gasteiger partial charge in [0.2, 0.25) is 0 Å². The highest BCUT2D eigenvalue weighted by atomic mass is 16.6. The van der Waals surface area contributed by atoms with Crippen LogP contribution in [0, 0.1) is 6.92 Å².